The second-order valence-corrected chi connectivity index (χ2v) is 4.12. The van der Waals surface area contributed by atoms with Crippen molar-refractivity contribution in [2.24, 2.45) is 0 Å². The lowest BCUT2D eigenvalue weighted by Gasteiger charge is -2.20. The van der Waals surface area contributed by atoms with Crippen molar-refractivity contribution in [3.8, 4) is 0 Å². The molecule has 0 aliphatic rings. The summed E-state index contributed by atoms with van der Waals surface area (Å²) in [6.07, 6.45) is 1.43. The first kappa shape index (κ1) is 13.0. The Morgan fingerprint density at radius 1 is 1.32 bits per heavy atom. The summed E-state index contributed by atoms with van der Waals surface area (Å²) in [5.74, 6) is -1.43. The lowest BCUT2D eigenvalue weighted by molar-refractivity contribution is 0.0689. The average molecular weight is 260 g/mol. The quantitative estimate of drug-likeness (QED) is 0.917. The van der Waals surface area contributed by atoms with Gasteiger partial charge >= 0.3 is 5.97 Å². The molecule has 0 spiro atoms. The molecular weight excluding hydrogens is 247 g/mol. The van der Waals surface area contributed by atoms with Gasteiger partial charge in [0.05, 0.1) is 5.69 Å². The summed E-state index contributed by atoms with van der Waals surface area (Å²) in [4.78, 5) is 16.5. The SMILES string of the molecule is CN(Cc1cccnc1C(=O)O)c1ccccc1F. The highest BCUT2D eigenvalue weighted by Crippen LogP contribution is 2.20. The van der Waals surface area contributed by atoms with Crippen molar-refractivity contribution in [1.29, 1.82) is 0 Å². The first-order chi connectivity index (χ1) is 9.09. The van der Waals surface area contributed by atoms with E-state index in [1.54, 1.807) is 42.3 Å². The number of halogens is 1. The number of anilines is 1. The standard InChI is InChI=1S/C14H13FN2O2/c1-17(12-7-3-2-6-11(12)15)9-10-5-4-8-16-13(10)14(18)19/h2-8H,9H2,1H3,(H,18,19). The van der Waals surface area contributed by atoms with E-state index in [9.17, 15) is 9.18 Å². The maximum absolute atomic E-state index is 13.6. The van der Waals surface area contributed by atoms with Crippen molar-refractivity contribution in [2.45, 2.75) is 6.54 Å². The van der Waals surface area contributed by atoms with Crippen LogP contribution in [0.5, 0.6) is 0 Å². The Morgan fingerprint density at radius 2 is 2.05 bits per heavy atom. The van der Waals surface area contributed by atoms with Crippen LogP contribution in [-0.2, 0) is 6.54 Å². The topological polar surface area (TPSA) is 53.4 Å². The summed E-state index contributed by atoms with van der Waals surface area (Å²) < 4.78 is 13.6. The summed E-state index contributed by atoms with van der Waals surface area (Å²) in [6, 6.07) is 9.69. The molecule has 2 aromatic rings. The van der Waals surface area contributed by atoms with Gasteiger partial charge in [-0.25, -0.2) is 14.2 Å². The number of hydrogen-bond acceptors (Lipinski definition) is 3. The van der Waals surface area contributed by atoms with E-state index < -0.39 is 5.97 Å². The van der Waals surface area contributed by atoms with Crippen molar-refractivity contribution in [1.82, 2.24) is 4.98 Å². The molecular formula is C14H13FN2O2. The molecule has 0 aliphatic carbocycles. The number of aromatic carboxylic acids is 1. The highest BCUT2D eigenvalue weighted by atomic mass is 19.1. The van der Waals surface area contributed by atoms with Gasteiger partial charge in [0, 0.05) is 25.4 Å². The Hall–Kier alpha value is -2.43. The van der Waals surface area contributed by atoms with Crippen LogP contribution in [0.3, 0.4) is 0 Å². The maximum atomic E-state index is 13.6. The van der Waals surface area contributed by atoms with E-state index in [4.69, 9.17) is 5.11 Å². The van der Waals surface area contributed by atoms with E-state index in [2.05, 4.69) is 4.98 Å². The third-order valence-corrected chi connectivity index (χ3v) is 2.77. The molecule has 5 heteroatoms. The molecule has 19 heavy (non-hydrogen) atoms. The zero-order valence-corrected chi connectivity index (χ0v) is 10.4. The number of carboxylic acids is 1. The molecule has 1 aromatic carbocycles. The first-order valence-electron chi connectivity index (χ1n) is 5.72. The van der Waals surface area contributed by atoms with Crippen LogP contribution in [0, 0.1) is 5.82 Å². The molecule has 1 heterocycles. The fourth-order valence-corrected chi connectivity index (χ4v) is 1.86. The van der Waals surface area contributed by atoms with E-state index in [1.807, 2.05) is 0 Å². The molecule has 98 valence electrons. The Morgan fingerprint density at radius 3 is 2.74 bits per heavy atom. The lowest BCUT2D eigenvalue weighted by Crippen LogP contribution is -2.20. The van der Waals surface area contributed by atoms with Gasteiger partial charge in [-0.2, -0.15) is 0 Å². The fourth-order valence-electron chi connectivity index (χ4n) is 1.86. The van der Waals surface area contributed by atoms with E-state index >= 15 is 0 Å². The van der Waals surface area contributed by atoms with Crippen molar-refractivity contribution < 1.29 is 14.3 Å². The van der Waals surface area contributed by atoms with Crippen molar-refractivity contribution in [2.75, 3.05) is 11.9 Å². The zero-order chi connectivity index (χ0) is 13.8. The number of nitrogens with zero attached hydrogens (tertiary/aromatic N) is 2. The number of carbonyl (C=O) groups is 1. The van der Waals surface area contributed by atoms with Gasteiger partial charge in [0.2, 0.25) is 0 Å². The minimum Gasteiger partial charge on any atom is -0.477 e. The molecule has 0 bridgehead atoms. The van der Waals surface area contributed by atoms with Crippen LogP contribution in [0.2, 0.25) is 0 Å². The number of carboxylic acid groups (broad SMARTS) is 1. The molecule has 0 amide bonds. The molecule has 4 nitrogen and oxygen atoms in total. The number of aromatic nitrogens is 1. The van der Waals surface area contributed by atoms with Gasteiger partial charge in [0.15, 0.2) is 5.69 Å². The van der Waals surface area contributed by atoms with Gasteiger partial charge in [-0.05, 0) is 18.2 Å². The van der Waals surface area contributed by atoms with Gasteiger partial charge in [0.1, 0.15) is 5.82 Å². The average Bonchev–Trinajstić information content (AvgIpc) is 2.39. The van der Waals surface area contributed by atoms with Crippen LogP contribution in [0.15, 0.2) is 42.6 Å². The largest absolute Gasteiger partial charge is 0.477 e. The summed E-state index contributed by atoms with van der Waals surface area (Å²) in [7, 11) is 1.71. The van der Waals surface area contributed by atoms with Crippen molar-refractivity contribution in [3.05, 3.63) is 59.7 Å². The van der Waals surface area contributed by atoms with Crippen LogP contribution in [0.25, 0.3) is 0 Å². The predicted molar refractivity (Wildman–Crippen MR) is 69.7 cm³/mol. The van der Waals surface area contributed by atoms with Gasteiger partial charge in [-0.3, -0.25) is 0 Å². The summed E-state index contributed by atoms with van der Waals surface area (Å²) in [5, 5.41) is 9.05. The maximum Gasteiger partial charge on any atom is 0.354 e. The molecule has 0 saturated heterocycles. The molecule has 1 aromatic heterocycles. The van der Waals surface area contributed by atoms with E-state index in [0.29, 0.717) is 11.3 Å². The summed E-state index contributed by atoms with van der Waals surface area (Å²) >= 11 is 0. The van der Waals surface area contributed by atoms with Gasteiger partial charge < -0.3 is 10.0 Å². The zero-order valence-electron chi connectivity index (χ0n) is 10.4. The van der Waals surface area contributed by atoms with Gasteiger partial charge in [-0.1, -0.05) is 18.2 Å². The second-order valence-electron chi connectivity index (χ2n) is 4.12. The normalized spacial score (nSPS) is 10.2. The number of rotatable bonds is 4. The monoisotopic (exact) mass is 260 g/mol. The minimum atomic E-state index is -1.09. The van der Waals surface area contributed by atoms with Crippen LogP contribution in [0.1, 0.15) is 16.1 Å². The molecule has 0 atom stereocenters. The van der Waals surface area contributed by atoms with E-state index in [-0.39, 0.29) is 18.1 Å². The number of hydrogen-bond donors (Lipinski definition) is 1. The molecule has 0 aliphatic heterocycles. The Balaban J connectivity index is 2.27. The third-order valence-electron chi connectivity index (χ3n) is 2.77. The van der Waals surface area contributed by atoms with Gasteiger partial charge in [0.25, 0.3) is 0 Å². The molecule has 0 radical (unpaired) electrons. The lowest BCUT2D eigenvalue weighted by atomic mass is 10.1. The van der Waals surface area contributed by atoms with Crippen LogP contribution >= 0.6 is 0 Å². The predicted octanol–water partition coefficient (Wildman–Crippen LogP) is 2.56. The first-order valence-corrected chi connectivity index (χ1v) is 5.72. The molecule has 1 N–H and O–H groups in total. The third kappa shape index (κ3) is 2.88. The Bertz CT molecular complexity index is 602. The van der Waals surface area contributed by atoms with E-state index in [1.165, 1.54) is 12.3 Å². The number of para-hydroxylation sites is 1. The van der Waals surface area contributed by atoms with Gasteiger partial charge in [-0.15, -0.1) is 0 Å². The van der Waals surface area contributed by atoms with Crippen LogP contribution in [-0.4, -0.2) is 23.1 Å². The highest BCUT2D eigenvalue weighted by molar-refractivity contribution is 5.87. The number of benzene rings is 1. The smallest absolute Gasteiger partial charge is 0.354 e. The molecule has 0 unspecified atom stereocenters. The minimum absolute atomic E-state index is 0.00862. The van der Waals surface area contributed by atoms with Crippen LogP contribution in [0.4, 0.5) is 10.1 Å². The van der Waals surface area contributed by atoms with Crippen LogP contribution < -0.4 is 4.90 Å². The number of pyridine rings is 1. The highest BCUT2D eigenvalue weighted by Gasteiger charge is 2.14. The van der Waals surface area contributed by atoms with Crippen molar-refractivity contribution >= 4 is 11.7 Å². The molecule has 0 fully saturated rings. The summed E-state index contributed by atoms with van der Waals surface area (Å²) in [5.41, 5.74) is 0.953. The second kappa shape index (κ2) is 5.48. The molecule has 0 saturated carbocycles. The fraction of sp³-hybridized carbons (Fsp3) is 0.143. The van der Waals surface area contributed by atoms with E-state index in [0.717, 1.165) is 0 Å². The molecule has 2 rings (SSSR count). The summed E-state index contributed by atoms with van der Waals surface area (Å²) in [6.45, 7) is 0.274. The Labute approximate surface area is 110 Å². The Kier molecular flexibility index (Phi) is 3.75. The van der Waals surface area contributed by atoms with Crippen molar-refractivity contribution in [3.63, 3.8) is 0 Å².